The van der Waals surface area contributed by atoms with E-state index in [-0.39, 0.29) is 11.8 Å². The third-order valence-electron chi connectivity index (χ3n) is 5.73. The molecule has 154 valence electrons. The zero-order valence-corrected chi connectivity index (χ0v) is 16.9. The van der Waals surface area contributed by atoms with Crippen LogP contribution in [0.3, 0.4) is 0 Å². The van der Waals surface area contributed by atoms with Gasteiger partial charge in [0.2, 0.25) is 0 Å². The highest BCUT2D eigenvalue weighted by atomic mass is 19.1. The molecule has 2 heterocycles. The van der Waals surface area contributed by atoms with Crippen molar-refractivity contribution in [2.75, 3.05) is 74.5 Å². The van der Waals surface area contributed by atoms with Crippen LogP contribution >= 0.6 is 0 Å². The number of amides is 2. The smallest absolute Gasteiger partial charge is 0.321 e. The molecule has 0 radical (unpaired) electrons. The van der Waals surface area contributed by atoms with E-state index < -0.39 is 0 Å². The average Bonchev–Trinajstić information content (AvgIpc) is 2.75. The molecule has 0 aliphatic carbocycles. The maximum Gasteiger partial charge on any atom is 0.321 e. The van der Waals surface area contributed by atoms with Crippen LogP contribution in [0, 0.1) is 5.82 Å². The van der Waals surface area contributed by atoms with Crippen molar-refractivity contribution in [3.8, 4) is 0 Å². The quantitative estimate of drug-likeness (QED) is 0.865. The van der Waals surface area contributed by atoms with E-state index in [4.69, 9.17) is 0 Å². The summed E-state index contributed by atoms with van der Waals surface area (Å²) in [6, 6.07) is 14.6. The van der Waals surface area contributed by atoms with Crippen LogP contribution < -0.4 is 15.1 Å². The van der Waals surface area contributed by atoms with Gasteiger partial charge in [0.05, 0.1) is 0 Å². The van der Waals surface area contributed by atoms with E-state index >= 15 is 0 Å². The second-order valence-electron chi connectivity index (χ2n) is 7.72. The number of likely N-dealkylation sites (N-methyl/N-ethyl adjacent to an activating group) is 1. The standard InChI is InChI=1S/C22H28FN5O/c1-25-9-11-26(12-10-25)20-7-5-19(6-8-20)24-22(29)28-15-13-27(14-16-28)21-4-2-3-18(23)17-21/h2-8,17H,9-16H2,1H3,(H,24,29). The Morgan fingerprint density at radius 1 is 0.828 bits per heavy atom. The van der Waals surface area contributed by atoms with Crippen LogP contribution in [0.15, 0.2) is 48.5 Å². The lowest BCUT2D eigenvalue weighted by molar-refractivity contribution is 0.208. The van der Waals surface area contributed by atoms with Crippen molar-refractivity contribution in [1.29, 1.82) is 0 Å². The van der Waals surface area contributed by atoms with Crippen molar-refractivity contribution >= 4 is 23.1 Å². The molecule has 4 rings (SSSR count). The fourth-order valence-corrected chi connectivity index (χ4v) is 3.86. The van der Waals surface area contributed by atoms with Crippen molar-refractivity contribution in [3.63, 3.8) is 0 Å². The number of hydrogen-bond donors (Lipinski definition) is 1. The molecular weight excluding hydrogens is 369 g/mol. The number of piperazine rings is 2. The van der Waals surface area contributed by atoms with Gasteiger partial charge in [-0.2, -0.15) is 0 Å². The Morgan fingerprint density at radius 2 is 1.45 bits per heavy atom. The van der Waals surface area contributed by atoms with Crippen molar-refractivity contribution in [2.24, 2.45) is 0 Å². The summed E-state index contributed by atoms with van der Waals surface area (Å²) in [4.78, 5) is 21.2. The van der Waals surface area contributed by atoms with Crippen molar-refractivity contribution < 1.29 is 9.18 Å². The van der Waals surface area contributed by atoms with Crippen LogP contribution in [0.2, 0.25) is 0 Å². The SMILES string of the molecule is CN1CCN(c2ccc(NC(=O)N3CCN(c4cccc(F)c4)CC3)cc2)CC1. The molecule has 2 amide bonds. The molecule has 0 spiro atoms. The Labute approximate surface area is 171 Å². The summed E-state index contributed by atoms with van der Waals surface area (Å²) in [6.07, 6.45) is 0. The Balaban J connectivity index is 1.28. The molecule has 7 heteroatoms. The van der Waals surface area contributed by atoms with Crippen LogP contribution in [0.4, 0.5) is 26.2 Å². The topological polar surface area (TPSA) is 42.1 Å². The Morgan fingerprint density at radius 3 is 2.10 bits per heavy atom. The molecule has 6 nitrogen and oxygen atoms in total. The number of nitrogens with zero attached hydrogens (tertiary/aromatic N) is 4. The van der Waals surface area contributed by atoms with Crippen molar-refractivity contribution in [1.82, 2.24) is 9.80 Å². The number of urea groups is 1. The maximum absolute atomic E-state index is 13.4. The van der Waals surface area contributed by atoms with Crippen molar-refractivity contribution in [3.05, 3.63) is 54.3 Å². The fourth-order valence-electron chi connectivity index (χ4n) is 3.86. The van der Waals surface area contributed by atoms with E-state index in [2.05, 4.69) is 39.2 Å². The number of carbonyl (C=O) groups is 1. The van der Waals surface area contributed by atoms with E-state index in [1.807, 2.05) is 23.1 Å². The zero-order chi connectivity index (χ0) is 20.2. The summed E-state index contributed by atoms with van der Waals surface area (Å²) in [5, 5.41) is 2.99. The first-order chi connectivity index (χ1) is 14.1. The van der Waals surface area contributed by atoms with E-state index in [1.54, 1.807) is 6.07 Å². The summed E-state index contributed by atoms with van der Waals surface area (Å²) in [6.45, 7) is 6.80. The molecule has 0 aromatic heterocycles. The molecule has 1 N–H and O–H groups in total. The first kappa shape index (κ1) is 19.5. The lowest BCUT2D eigenvalue weighted by Crippen LogP contribution is -2.50. The third-order valence-corrected chi connectivity index (χ3v) is 5.73. The third kappa shape index (κ3) is 4.79. The second kappa shape index (κ2) is 8.69. The lowest BCUT2D eigenvalue weighted by atomic mass is 10.2. The number of benzene rings is 2. The van der Waals surface area contributed by atoms with Gasteiger partial charge in [0.1, 0.15) is 5.82 Å². The number of anilines is 3. The van der Waals surface area contributed by atoms with Crippen LogP contribution in [0.5, 0.6) is 0 Å². The number of nitrogens with one attached hydrogen (secondary N) is 1. The van der Waals surface area contributed by atoms with E-state index in [0.717, 1.165) is 37.6 Å². The number of rotatable bonds is 3. The molecule has 2 saturated heterocycles. The highest BCUT2D eigenvalue weighted by Gasteiger charge is 2.22. The maximum atomic E-state index is 13.4. The summed E-state index contributed by atoms with van der Waals surface area (Å²) in [7, 11) is 2.15. The van der Waals surface area contributed by atoms with Gasteiger partial charge in [0, 0.05) is 69.4 Å². The summed E-state index contributed by atoms with van der Waals surface area (Å²) in [5.74, 6) is -0.234. The normalized spacial score (nSPS) is 18.1. The highest BCUT2D eigenvalue weighted by Crippen LogP contribution is 2.21. The van der Waals surface area contributed by atoms with Crippen molar-refractivity contribution in [2.45, 2.75) is 0 Å². The van der Waals surface area contributed by atoms with Gasteiger partial charge in [-0.3, -0.25) is 0 Å². The molecule has 2 aromatic carbocycles. The molecule has 0 atom stereocenters. The Kier molecular flexibility index (Phi) is 5.85. The predicted octanol–water partition coefficient (Wildman–Crippen LogP) is 2.93. The Hall–Kier alpha value is -2.80. The average molecular weight is 397 g/mol. The van der Waals surface area contributed by atoms with E-state index in [1.165, 1.54) is 17.8 Å². The minimum atomic E-state index is -0.234. The first-order valence-corrected chi connectivity index (χ1v) is 10.2. The van der Waals surface area contributed by atoms with Crippen LogP contribution in [0.1, 0.15) is 0 Å². The van der Waals surface area contributed by atoms with Crippen LogP contribution in [0.25, 0.3) is 0 Å². The second-order valence-corrected chi connectivity index (χ2v) is 7.72. The first-order valence-electron chi connectivity index (χ1n) is 10.2. The van der Waals surface area contributed by atoms with Crippen LogP contribution in [-0.2, 0) is 0 Å². The van der Waals surface area contributed by atoms with Gasteiger partial charge in [-0.1, -0.05) is 6.07 Å². The van der Waals surface area contributed by atoms with E-state index in [9.17, 15) is 9.18 Å². The van der Waals surface area contributed by atoms with E-state index in [0.29, 0.717) is 26.2 Å². The summed E-state index contributed by atoms with van der Waals surface area (Å²) in [5.41, 5.74) is 2.87. The largest absolute Gasteiger partial charge is 0.369 e. The molecule has 2 fully saturated rings. The van der Waals surface area contributed by atoms with Gasteiger partial charge in [-0.05, 0) is 49.5 Å². The summed E-state index contributed by atoms with van der Waals surface area (Å²) >= 11 is 0. The number of halogens is 1. The molecular formula is C22H28FN5O. The fraction of sp³-hybridized carbons (Fsp3) is 0.409. The number of hydrogen-bond acceptors (Lipinski definition) is 4. The van der Waals surface area contributed by atoms with Gasteiger partial charge in [0.25, 0.3) is 0 Å². The molecule has 0 bridgehead atoms. The highest BCUT2D eigenvalue weighted by molar-refractivity contribution is 5.89. The zero-order valence-electron chi connectivity index (χ0n) is 16.9. The molecule has 0 saturated carbocycles. The van der Waals surface area contributed by atoms with Gasteiger partial charge in [0.15, 0.2) is 0 Å². The molecule has 2 aliphatic rings. The molecule has 2 aliphatic heterocycles. The minimum Gasteiger partial charge on any atom is -0.369 e. The molecule has 0 unspecified atom stereocenters. The predicted molar refractivity (Wildman–Crippen MR) is 115 cm³/mol. The van der Waals surface area contributed by atoms with Gasteiger partial charge in [-0.15, -0.1) is 0 Å². The minimum absolute atomic E-state index is 0.0868. The van der Waals surface area contributed by atoms with Gasteiger partial charge < -0.3 is 24.9 Å². The number of carbonyl (C=O) groups excluding carboxylic acids is 1. The van der Waals surface area contributed by atoms with Gasteiger partial charge >= 0.3 is 6.03 Å². The monoisotopic (exact) mass is 397 g/mol. The lowest BCUT2D eigenvalue weighted by Gasteiger charge is -2.36. The summed E-state index contributed by atoms with van der Waals surface area (Å²) < 4.78 is 13.4. The molecule has 2 aromatic rings. The van der Waals surface area contributed by atoms with Crippen LogP contribution in [-0.4, -0.2) is 75.2 Å². The molecule has 29 heavy (non-hydrogen) atoms. The Bertz CT molecular complexity index is 827. The van der Waals surface area contributed by atoms with Gasteiger partial charge in [-0.25, -0.2) is 9.18 Å².